The van der Waals surface area contributed by atoms with Gasteiger partial charge in [-0.3, -0.25) is 4.90 Å². The molecule has 1 saturated carbocycles. The van der Waals surface area contributed by atoms with Crippen LogP contribution in [0.2, 0.25) is 0 Å². The topological polar surface area (TPSA) is 23.5 Å². The molecule has 21 heavy (non-hydrogen) atoms. The van der Waals surface area contributed by atoms with Crippen molar-refractivity contribution in [3.63, 3.8) is 0 Å². The number of aromatic hydroxyl groups is 1. The molecular formula is C19H27NO. The Bertz CT molecular complexity index is 508. The van der Waals surface area contributed by atoms with Crippen LogP contribution in [-0.2, 0) is 6.42 Å². The van der Waals surface area contributed by atoms with Crippen LogP contribution in [0.1, 0.15) is 68.5 Å². The molecule has 2 heteroatoms. The van der Waals surface area contributed by atoms with Crippen LogP contribution in [0.25, 0.3) is 0 Å². The number of phenols is 1. The van der Waals surface area contributed by atoms with Gasteiger partial charge in [-0.2, -0.15) is 0 Å². The Kier molecular flexibility index (Phi) is 3.45. The molecule has 1 aromatic rings. The van der Waals surface area contributed by atoms with Gasteiger partial charge in [0.05, 0.1) is 0 Å². The van der Waals surface area contributed by atoms with E-state index in [1.807, 2.05) is 12.1 Å². The fourth-order valence-electron chi connectivity index (χ4n) is 5.07. The van der Waals surface area contributed by atoms with E-state index in [9.17, 15) is 5.11 Å². The van der Waals surface area contributed by atoms with E-state index in [0.29, 0.717) is 17.2 Å². The van der Waals surface area contributed by atoms with Crippen molar-refractivity contribution in [3.8, 4) is 5.75 Å². The highest BCUT2D eigenvalue weighted by Gasteiger charge is 2.38. The van der Waals surface area contributed by atoms with E-state index in [1.54, 1.807) is 0 Å². The summed E-state index contributed by atoms with van der Waals surface area (Å²) in [6, 6.07) is 6.61. The van der Waals surface area contributed by atoms with Crippen LogP contribution < -0.4 is 0 Å². The van der Waals surface area contributed by atoms with Crippen LogP contribution >= 0.6 is 0 Å². The molecule has 3 aliphatic rings. The van der Waals surface area contributed by atoms with E-state index in [2.05, 4.69) is 11.0 Å². The van der Waals surface area contributed by atoms with Crippen LogP contribution in [0.4, 0.5) is 0 Å². The normalized spacial score (nSPS) is 28.7. The molecule has 1 heterocycles. The molecule has 1 aromatic carbocycles. The number of rotatable bonds is 1. The standard InChI is InChI=1S/C19H27NO/c21-16-5-6-17-15(14-16)4-7-18(17)20-12-10-19(11-13-20)8-2-1-3-9-19/h5-6,14,18,21H,1-4,7-13H2. The highest BCUT2D eigenvalue weighted by Crippen LogP contribution is 2.47. The molecule has 0 aromatic heterocycles. The fourth-order valence-corrected chi connectivity index (χ4v) is 5.07. The molecule has 0 bridgehead atoms. The average molecular weight is 285 g/mol. The van der Waals surface area contributed by atoms with Gasteiger partial charge in [0.2, 0.25) is 0 Å². The summed E-state index contributed by atoms with van der Waals surface area (Å²) in [5.41, 5.74) is 3.55. The molecule has 114 valence electrons. The van der Waals surface area contributed by atoms with E-state index in [1.165, 1.54) is 75.6 Å². The predicted octanol–water partition coefficient (Wildman–Crippen LogP) is 4.43. The molecule has 1 unspecified atom stereocenters. The highest BCUT2D eigenvalue weighted by atomic mass is 16.3. The molecule has 2 fully saturated rings. The lowest BCUT2D eigenvalue weighted by atomic mass is 9.68. The maximum Gasteiger partial charge on any atom is 0.115 e. The average Bonchev–Trinajstić information content (AvgIpc) is 2.92. The second-order valence-electron chi connectivity index (χ2n) is 7.53. The van der Waals surface area contributed by atoms with Crippen molar-refractivity contribution in [2.24, 2.45) is 5.41 Å². The van der Waals surface area contributed by atoms with Crippen molar-refractivity contribution in [3.05, 3.63) is 29.3 Å². The number of aryl methyl sites for hydroxylation is 1. The van der Waals surface area contributed by atoms with Gasteiger partial charge in [-0.1, -0.05) is 25.3 Å². The lowest BCUT2D eigenvalue weighted by Gasteiger charge is -2.46. The predicted molar refractivity (Wildman–Crippen MR) is 85.5 cm³/mol. The number of benzene rings is 1. The maximum absolute atomic E-state index is 9.65. The fraction of sp³-hybridized carbons (Fsp3) is 0.684. The number of likely N-dealkylation sites (tertiary alicyclic amines) is 1. The van der Waals surface area contributed by atoms with Crippen molar-refractivity contribution in [2.75, 3.05) is 13.1 Å². The Morgan fingerprint density at radius 1 is 1.00 bits per heavy atom. The molecule has 2 nitrogen and oxygen atoms in total. The van der Waals surface area contributed by atoms with Gasteiger partial charge in [-0.15, -0.1) is 0 Å². The summed E-state index contributed by atoms with van der Waals surface area (Å²) in [6.07, 6.45) is 12.6. The summed E-state index contributed by atoms with van der Waals surface area (Å²) < 4.78 is 0. The van der Waals surface area contributed by atoms with Gasteiger partial charge >= 0.3 is 0 Å². The lowest BCUT2D eigenvalue weighted by Crippen LogP contribution is -2.42. The quantitative estimate of drug-likeness (QED) is 0.825. The third-order valence-corrected chi connectivity index (χ3v) is 6.39. The highest BCUT2D eigenvalue weighted by molar-refractivity contribution is 5.40. The minimum absolute atomic E-state index is 0.425. The van der Waals surface area contributed by atoms with E-state index >= 15 is 0 Å². The first-order chi connectivity index (χ1) is 10.3. The van der Waals surface area contributed by atoms with Crippen molar-refractivity contribution in [1.82, 2.24) is 4.90 Å². The van der Waals surface area contributed by atoms with Crippen molar-refractivity contribution < 1.29 is 5.11 Å². The summed E-state index contributed by atoms with van der Waals surface area (Å²) in [5.74, 6) is 0.425. The van der Waals surface area contributed by atoms with Gasteiger partial charge in [0.25, 0.3) is 0 Å². The first kappa shape index (κ1) is 13.6. The molecule has 0 amide bonds. The van der Waals surface area contributed by atoms with Crippen molar-refractivity contribution in [2.45, 2.75) is 63.8 Å². The largest absolute Gasteiger partial charge is 0.508 e. The van der Waals surface area contributed by atoms with Crippen molar-refractivity contribution >= 4 is 0 Å². The van der Waals surface area contributed by atoms with Crippen LogP contribution in [0.15, 0.2) is 18.2 Å². The third kappa shape index (κ3) is 2.48. The lowest BCUT2D eigenvalue weighted by molar-refractivity contribution is 0.0448. The molecule has 0 radical (unpaired) electrons. The molecule has 1 atom stereocenters. The van der Waals surface area contributed by atoms with Gasteiger partial charge in [0.1, 0.15) is 5.75 Å². The second kappa shape index (κ2) is 5.31. The maximum atomic E-state index is 9.65. The zero-order valence-electron chi connectivity index (χ0n) is 13.0. The Morgan fingerprint density at radius 2 is 1.76 bits per heavy atom. The number of phenolic OH excluding ortho intramolecular Hbond substituents is 1. The number of nitrogens with zero attached hydrogens (tertiary/aromatic N) is 1. The molecule has 2 aliphatic carbocycles. The summed E-state index contributed by atoms with van der Waals surface area (Å²) in [6.45, 7) is 2.57. The van der Waals surface area contributed by atoms with Gasteiger partial charge in [-0.05, 0) is 80.3 Å². The van der Waals surface area contributed by atoms with Crippen LogP contribution in [0.5, 0.6) is 5.75 Å². The summed E-state index contributed by atoms with van der Waals surface area (Å²) in [4.78, 5) is 2.72. The first-order valence-electron chi connectivity index (χ1n) is 8.82. The summed E-state index contributed by atoms with van der Waals surface area (Å²) in [7, 11) is 0. The van der Waals surface area contributed by atoms with E-state index in [-0.39, 0.29) is 0 Å². The van der Waals surface area contributed by atoms with E-state index in [4.69, 9.17) is 0 Å². The Labute approximate surface area is 128 Å². The molecule has 4 rings (SSSR count). The van der Waals surface area contributed by atoms with Gasteiger partial charge < -0.3 is 5.11 Å². The van der Waals surface area contributed by atoms with Crippen LogP contribution in [0.3, 0.4) is 0 Å². The Morgan fingerprint density at radius 3 is 2.52 bits per heavy atom. The van der Waals surface area contributed by atoms with Crippen molar-refractivity contribution in [1.29, 1.82) is 0 Å². The SMILES string of the molecule is Oc1ccc2c(c1)CCC2N1CCC2(CCCCC2)CC1. The summed E-state index contributed by atoms with van der Waals surface area (Å²) >= 11 is 0. The van der Waals surface area contributed by atoms with Gasteiger partial charge in [0.15, 0.2) is 0 Å². The van der Waals surface area contributed by atoms with E-state index in [0.717, 1.165) is 6.42 Å². The van der Waals surface area contributed by atoms with E-state index < -0.39 is 0 Å². The molecule has 1 aliphatic heterocycles. The molecule has 1 spiro atoms. The minimum atomic E-state index is 0.425. The number of fused-ring (bicyclic) bond motifs is 1. The zero-order chi connectivity index (χ0) is 14.3. The van der Waals surface area contributed by atoms with Crippen LogP contribution in [-0.4, -0.2) is 23.1 Å². The van der Waals surface area contributed by atoms with Crippen LogP contribution in [0, 0.1) is 5.41 Å². The van der Waals surface area contributed by atoms with Gasteiger partial charge in [-0.25, -0.2) is 0 Å². The third-order valence-electron chi connectivity index (χ3n) is 6.39. The minimum Gasteiger partial charge on any atom is -0.508 e. The monoisotopic (exact) mass is 285 g/mol. The number of hydrogen-bond donors (Lipinski definition) is 1. The Hall–Kier alpha value is -1.02. The zero-order valence-corrected chi connectivity index (χ0v) is 13.0. The Balaban J connectivity index is 1.46. The number of piperidine rings is 1. The van der Waals surface area contributed by atoms with Gasteiger partial charge in [0, 0.05) is 6.04 Å². The number of hydrogen-bond acceptors (Lipinski definition) is 2. The first-order valence-corrected chi connectivity index (χ1v) is 8.82. The smallest absolute Gasteiger partial charge is 0.115 e. The second-order valence-corrected chi connectivity index (χ2v) is 7.53. The molecular weight excluding hydrogens is 258 g/mol. The molecule has 1 N–H and O–H groups in total. The summed E-state index contributed by atoms with van der Waals surface area (Å²) in [5, 5.41) is 9.65. The molecule has 1 saturated heterocycles.